The second kappa shape index (κ2) is 5.16. The summed E-state index contributed by atoms with van der Waals surface area (Å²) in [6.45, 7) is 1.84. The number of carbonyl (C=O) groups is 1. The van der Waals surface area contributed by atoms with Gasteiger partial charge >= 0.3 is 6.18 Å². The van der Waals surface area contributed by atoms with Crippen LogP contribution in [0, 0.1) is 0 Å². The van der Waals surface area contributed by atoms with Crippen molar-refractivity contribution in [3.05, 3.63) is 28.5 Å². The highest BCUT2D eigenvalue weighted by molar-refractivity contribution is 7.11. The summed E-state index contributed by atoms with van der Waals surface area (Å²) in [5.41, 5.74) is 0. The van der Waals surface area contributed by atoms with Crippen molar-refractivity contribution < 1.29 is 22.7 Å². The van der Waals surface area contributed by atoms with E-state index in [1.165, 1.54) is 11.3 Å². The Hall–Kier alpha value is -1.30. The molecule has 0 amide bonds. The number of halogens is 3. The first kappa shape index (κ1) is 12.8. The summed E-state index contributed by atoms with van der Waals surface area (Å²) >= 11 is 1.21. The van der Waals surface area contributed by atoms with Crippen LogP contribution in [0.15, 0.2) is 23.6 Å². The van der Waals surface area contributed by atoms with Crippen LogP contribution >= 0.6 is 11.3 Å². The number of hydrogen-bond acceptors (Lipinski definition) is 3. The van der Waals surface area contributed by atoms with Crippen LogP contribution in [0.2, 0.25) is 0 Å². The number of thiophene rings is 1. The zero-order valence-corrected chi connectivity index (χ0v) is 9.19. The van der Waals surface area contributed by atoms with E-state index < -0.39 is 12.0 Å². The summed E-state index contributed by atoms with van der Waals surface area (Å²) < 4.78 is 41.1. The van der Waals surface area contributed by atoms with Crippen molar-refractivity contribution in [2.75, 3.05) is 6.61 Å². The van der Waals surface area contributed by atoms with Crippen LogP contribution in [-0.4, -0.2) is 18.6 Å². The standard InChI is InChI=1S/C10H9F3O2S/c1-2-15-7(8-4-3-5-16-8)6-9(14)10(11,12)13/h3-6H,2H2,1H3/b7-6-. The highest BCUT2D eigenvalue weighted by atomic mass is 32.1. The fourth-order valence-electron chi connectivity index (χ4n) is 0.959. The molecule has 0 N–H and O–H groups in total. The number of carbonyl (C=O) groups excluding carboxylic acids is 1. The molecule has 0 aliphatic carbocycles. The van der Waals surface area contributed by atoms with Gasteiger partial charge in [0.15, 0.2) is 0 Å². The summed E-state index contributed by atoms with van der Waals surface area (Å²) in [5.74, 6) is -1.95. The fraction of sp³-hybridized carbons (Fsp3) is 0.300. The highest BCUT2D eigenvalue weighted by Crippen LogP contribution is 2.24. The number of allylic oxidation sites excluding steroid dienone is 1. The average Bonchev–Trinajstić information content (AvgIpc) is 2.68. The van der Waals surface area contributed by atoms with Gasteiger partial charge in [0.2, 0.25) is 0 Å². The molecule has 1 aromatic heterocycles. The maximum Gasteiger partial charge on any atom is 0.454 e. The molecule has 0 radical (unpaired) electrons. The van der Waals surface area contributed by atoms with Crippen LogP contribution in [0.3, 0.4) is 0 Å². The lowest BCUT2D eigenvalue weighted by Gasteiger charge is -2.07. The molecule has 0 aliphatic heterocycles. The van der Waals surface area contributed by atoms with E-state index in [1.807, 2.05) is 0 Å². The Morgan fingerprint density at radius 2 is 2.25 bits per heavy atom. The second-order valence-electron chi connectivity index (χ2n) is 2.78. The van der Waals surface area contributed by atoms with Gasteiger partial charge in [-0.15, -0.1) is 11.3 Å². The van der Waals surface area contributed by atoms with E-state index in [4.69, 9.17) is 4.74 Å². The minimum absolute atomic E-state index is 0.0418. The Morgan fingerprint density at radius 3 is 2.69 bits per heavy atom. The summed E-state index contributed by atoms with van der Waals surface area (Å²) in [4.78, 5) is 11.3. The molecular formula is C10H9F3O2S. The lowest BCUT2D eigenvalue weighted by molar-refractivity contribution is -0.165. The molecule has 0 bridgehead atoms. The van der Waals surface area contributed by atoms with Gasteiger partial charge in [0, 0.05) is 6.08 Å². The molecule has 0 saturated carbocycles. The number of alkyl halides is 3. The van der Waals surface area contributed by atoms with Crippen LogP contribution in [-0.2, 0) is 9.53 Å². The van der Waals surface area contributed by atoms with Crippen molar-refractivity contribution in [2.24, 2.45) is 0 Å². The van der Waals surface area contributed by atoms with Gasteiger partial charge in [-0.2, -0.15) is 13.2 Å². The van der Waals surface area contributed by atoms with E-state index in [2.05, 4.69) is 0 Å². The maximum atomic E-state index is 12.0. The van der Waals surface area contributed by atoms with Crippen molar-refractivity contribution in [3.63, 3.8) is 0 Å². The summed E-state index contributed by atoms with van der Waals surface area (Å²) in [6.07, 6.45) is -4.38. The van der Waals surface area contributed by atoms with Crippen molar-refractivity contribution in [2.45, 2.75) is 13.1 Å². The Morgan fingerprint density at radius 1 is 1.56 bits per heavy atom. The largest absolute Gasteiger partial charge is 0.492 e. The molecule has 0 fully saturated rings. The molecule has 1 heterocycles. The highest BCUT2D eigenvalue weighted by Gasteiger charge is 2.37. The van der Waals surface area contributed by atoms with E-state index in [-0.39, 0.29) is 12.4 Å². The van der Waals surface area contributed by atoms with E-state index in [0.29, 0.717) is 11.0 Å². The predicted molar refractivity (Wildman–Crippen MR) is 55.0 cm³/mol. The van der Waals surface area contributed by atoms with Crippen molar-refractivity contribution >= 4 is 22.9 Å². The lowest BCUT2D eigenvalue weighted by Crippen LogP contribution is -2.20. The van der Waals surface area contributed by atoms with Gasteiger partial charge < -0.3 is 4.74 Å². The third-order valence-electron chi connectivity index (χ3n) is 1.61. The average molecular weight is 250 g/mol. The predicted octanol–water partition coefficient (Wildman–Crippen LogP) is 3.26. The van der Waals surface area contributed by atoms with Gasteiger partial charge in [-0.25, -0.2) is 0 Å². The van der Waals surface area contributed by atoms with Gasteiger partial charge in [0.05, 0.1) is 11.5 Å². The molecule has 0 saturated heterocycles. The van der Waals surface area contributed by atoms with E-state index in [0.717, 1.165) is 0 Å². The van der Waals surface area contributed by atoms with Crippen LogP contribution < -0.4 is 0 Å². The molecule has 88 valence electrons. The van der Waals surface area contributed by atoms with Gasteiger partial charge in [-0.1, -0.05) is 6.07 Å². The number of hydrogen-bond donors (Lipinski definition) is 0. The third-order valence-corrected chi connectivity index (χ3v) is 2.49. The van der Waals surface area contributed by atoms with E-state index in [9.17, 15) is 18.0 Å². The van der Waals surface area contributed by atoms with Crippen LogP contribution in [0.25, 0.3) is 5.76 Å². The Labute approximate surface area is 94.3 Å². The quantitative estimate of drug-likeness (QED) is 0.605. The Bertz CT molecular complexity index is 379. The van der Waals surface area contributed by atoms with Gasteiger partial charge in [0.1, 0.15) is 5.76 Å². The lowest BCUT2D eigenvalue weighted by atomic mass is 10.3. The molecular weight excluding hydrogens is 241 g/mol. The molecule has 1 rings (SSSR count). The van der Waals surface area contributed by atoms with Crippen molar-refractivity contribution in [1.82, 2.24) is 0 Å². The first-order chi connectivity index (χ1) is 7.45. The van der Waals surface area contributed by atoms with Crippen LogP contribution in [0.5, 0.6) is 0 Å². The summed E-state index contributed by atoms with van der Waals surface area (Å²) in [5, 5.41) is 1.69. The van der Waals surface area contributed by atoms with Gasteiger partial charge in [-0.05, 0) is 18.4 Å². The van der Waals surface area contributed by atoms with Crippen molar-refractivity contribution in [3.8, 4) is 0 Å². The summed E-state index contributed by atoms with van der Waals surface area (Å²) in [7, 11) is 0. The number of rotatable bonds is 4. The zero-order valence-electron chi connectivity index (χ0n) is 8.38. The topological polar surface area (TPSA) is 26.3 Å². The molecule has 6 heteroatoms. The molecule has 0 aliphatic rings. The van der Waals surface area contributed by atoms with Crippen LogP contribution in [0.4, 0.5) is 13.2 Å². The Kier molecular flexibility index (Phi) is 4.12. The fourth-order valence-corrected chi connectivity index (χ4v) is 1.65. The minimum Gasteiger partial charge on any atom is -0.492 e. The third kappa shape index (κ3) is 3.37. The molecule has 0 aromatic carbocycles. The van der Waals surface area contributed by atoms with E-state index in [1.54, 1.807) is 24.4 Å². The Balaban J connectivity index is 2.95. The van der Waals surface area contributed by atoms with Gasteiger partial charge in [-0.3, -0.25) is 4.79 Å². The monoisotopic (exact) mass is 250 g/mol. The van der Waals surface area contributed by atoms with Crippen molar-refractivity contribution in [1.29, 1.82) is 0 Å². The smallest absolute Gasteiger partial charge is 0.454 e. The first-order valence-corrected chi connectivity index (χ1v) is 5.32. The molecule has 2 nitrogen and oxygen atoms in total. The normalized spacial score (nSPS) is 12.6. The first-order valence-electron chi connectivity index (χ1n) is 4.44. The second-order valence-corrected chi connectivity index (χ2v) is 3.73. The SMILES string of the molecule is CCO/C(=C\C(=O)C(F)(F)F)c1cccs1. The molecule has 0 unspecified atom stereocenters. The summed E-state index contributed by atoms with van der Waals surface area (Å²) in [6, 6.07) is 3.26. The van der Waals surface area contributed by atoms with Crippen LogP contribution in [0.1, 0.15) is 11.8 Å². The molecule has 0 atom stereocenters. The molecule has 1 aromatic rings. The van der Waals surface area contributed by atoms with Gasteiger partial charge in [0.25, 0.3) is 5.78 Å². The minimum atomic E-state index is -4.86. The molecule has 0 spiro atoms. The van der Waals surface area contributed by atoms with E-state index >= 15 is 0 Å². The maximum absolute atomic E-state index is 12.0. The zero-order chi connectivity index (χ0) is 12.2. The number of ketones is 1. The number of ether oxygens (including phenoxy) is 1. The molecule has 16 heavy (non-hydrogen) atoms.